The molecule has 0 aliphatic carbocycles. The summed E-state index contributed by atoms with van der Waals surface area (Å²) >= 11 is 6.63. The number of nitrogens with zero attached hydrogens (tertiary/aromatic N) is 3. The molecule has 0 radical (unpaired) electrons. The van der Waals surface area contributed by atoms with E-state index in [2.05, 4.69) is 43.4 Å². The number of benzene rings is 3. The number of anilines is 1. The summed E-state index contributed by atoms with van der Waals surface area (Å²) in [5.41, 5.74) is 2.79. The highest BCUT2D eigenvalue weighted by Crippen LogP contribution is 2.39. The van der Waals surface area contributed by atoms with Crippen LogP contribution in [0, 0.1) is 3.57 Å². The second-order valence-electron chi connectivity index (χ2n) is 9.42. The molecule has 5 rings (SSSR count). The maximum absolute atomic E-state index is 13.1. The third kappa shape index (κ3) is 7.07. The maximum atomic E-state index is 13.1. The Morgan fingerprint density at radius 2 is 1.73 bits per heavy atom. The van der Waals surface area contributed by atoms with Crippen molar-refractivity contribution in [2.45, 2.75) is 6.61 Å². The van der Waals surface area contributed by atoms with Gasteiger partial charge in [0.15, 0.2) is 11.5 Å². The van der Waals surface area contributed by atoms with Gasteiger partial charge in [0.25, 0.3) is 11.1 Å². The lowest BCUT2D eigenvalue weighted by molar-refractivity contribution is -0.136. The Bertz CT molecular complexity index is 1480. The van der Waals surface area contributed by atoms with Crippen LogP contribution in [-0.4, -0.2) is 66.7 Å². The molecule has 0 atom stereocenters. The fraction of sp³-hybridized carbons (Fsp3) is 0.233. The van der Waals surface area contributed by atoms with Crippen LogP contribution >= 0.6 is 50.3 Å². The molecule has 41 heavy (non-hydrogen) atoms. The maximum Gasteiger partial charge on any atom is 0.294 e. The largest absolute Gasteiger partial charge is 0.493 e. The highest BCUT2D eigenvalue weighted by atomic mass is 127. The molecular weight excluding hydrogens is 721 g/mol. The van der Waals surface area contributed by atoms with Gasteiger partial charge in [0.2, 0.25) is 5.91 Å². The third-order valence-corrected chi connectivity index (χ3v) is 8.98. The molecule has 3 aromatic carbocycles. The first-order valence-electron chi connectivity index (χ1n) is 12.9. The van der Waals surface area contributed by atoms with E-state index in [4.69, 9.17) is 9.47 Å². The predicted molar refractivity (Wildman–Crippen MR) is 172 cm³/mol. The predicted octanol–water partition coefficient (Wildman–Crippen LogP) is 6.03. The summed E-state index contributed by atoms with van der Waals surface area (Å²) in [7, 11) is 1.54. The van der Waals surface area contributed by atoms with Gasteiger partial charge >= 0.3 is 0 Å². The molecule has 2 aliphatic rings. The molecule has 2 aliphatic heterocycles. The Hall–Kier alpha value is -3.03. The molecule has 8 nitrogen and oxygen atoms in total. The molecule has 212 valence electrons. The van der Waals surface area contributed by atoms with Crippen LogP contribution in [0.2, 0.25) is 0 Å². The summed E-state index contributed by atoms with van der Waals surface area (Å²) in [4.78, 5) is 44.0. The van der Waals surface area contributed by atoms with E-state index < -0.39 is 11.1 Å². The molecule has 2 heterocycles. The molecule has 3 aromatic rings. The lowest BCUT2D eigenvalue weighted by Crippen LogP contribution is -2.51. The van der Waals surface area contributed by atoms with Crippen molar-refractivity contribution in [3.05, 3.63) is 90.8 Å². The van der Waals surface area contributed by atoms with E-state index >= 15 is 0 Å². The van der Waals surface area contributed by atoms with E-state index in [1.807, 2.05) is 54.6 Å². The zero-order chi connectivity index (χ0) is 28.9. The Morgan fingerprint density at radius 1 is 1.02 bits per heavy atom. The fourth-order valence-corrected chi connectivity index (χ4v) is 6.35. The second-order valence-corrected chi connectivity index (χ2v) is 12.5. The number of halogens is 2. The molecule has 0 bridgehead atoms. The number of carbonyl (C=O) groups is 3. The lowest BCUT2D eigenvalue weighted by atomic mass is 10.1. The lowest BCUT2D eigenvalue weighted by Gasteiger charge is -2.36. The van der Waals surface area contributed by atoms with E-state index in [0.29, 0.717) is 54.3 Å². The number of thioether (sulfide) groups is 1. The minimum Gasteiger partial charge on any atom is -0.493 e. The van der Waals surface area contributed by atoms with Gasteiger partial charge in [-0.25, -0.2) is 0 Å². The topological polar surface area (TPSA) is 79.4 Å². The van der Waals surface area contributed by atoms with Crippen molar-refractivity contribution in [3.63, 3.8) is 0 Å². The monoisotopic (exact) mass is 747 g/mol. The summed E-state index contributed by atoms with van der Waals surface area (Å²) in [6.45, 7) is 2.54. The number of amides is 3. The highest BCUT2D eigenvalue weighted by molar-refractivity contribution is 14.1. The average Bonchev–Trinajstić information content (AvgIpc) is 3.24. The average molecular weight is 748 g/mol. The summed E-state index contributed by atoms with van der Waals surface area (Å²) < 4.78 is 13.4. The Kier molecular flexibility index (Phi) is 9.56. The number of methoxy groups -OCH3 is 1. The van der Waals surface area contributed by atoms with Crippen molar-refractivity contribution in [2.24, 2.45) is 0 Å². The van der Waals surface area contributed by atoms with Gasteiger partial charge in [0, 0.05) is 35.4 Å². The van der Waals surface area contributed by atoms with Crippen molar-refractivity contribution in [1.82, 2.24) is 9.80 Å². The Morgan fingerprint density at radius 3 is 2.41 bits per heavy atom. The van der Waals surface area contributed by atoms with E-state index in [9.17, 15) is 14.4 Å². The van der Waals surface area contributed by atoms with Gasteiger partial charge in [-0.05, 0) is 104 Å². The highest BCUT2D eigenvalue weighted by Gasteiger charge is 2.37. The van der Waals surface area contributed by atoms with Crippen LogP contribution in [0.3, 0.4) is 0 Å². The molecule has 0 N–H and O–H groups in total. The Labute approximate surface area is 264 Å². The number of piperazine rings is 1. The van der Waals surface area contributed by atoms with Gasteiger partial charge in [-0.2, -0.15) is 0 Å². The number of ether oxygens (including phenoxy) is 2. The zero-order valence-corrected chi connectivity index (χ0v) is 26.8. The third-order valence-electron chi connectivity index (χ3n) is 6.77. The van der Waals surface area contributed by atoms with Crippen LogP contribution in [0.1, 0.15) is 11.1 Å². The first kappa shape index (κ1) is 29.5. The molecule has 11 heteroatoms. The fourth-order valence-electron chi connectivity index (χ4n) is 4.58. The van der Waals surface area contributed by atoms with Crippen molar-refractivity contribution < 1.29 is 23.9 Å². The first-order chi connectivity index (χ1) is 19.8. The van der Waals surface area contributed by atoms with Crippen LogP contribution < -0.4 is 14.4 Å². The quantitative estimate of drug-likeness (QED) is 0.206. The van der Waals surface area contributed by atoms with Crippen LogP contribution in [0.25, 0.3) is 6.08 Å². The molecule has 0 saturated carbocycles. The van der Waals surface area contributed by atoms with Gasteiger partial charge in [0.05, 0.1) is 16.5 Å². The molecule has 0 unspecified atom stereocenters. The first-order valence-corrected chi connectivity index (χ1v) is 15.6. The summed E-state index contributed by atoms with van der Waals surface area (Å²) in [5.74, 6) is 0.306. The second kappa shape index (κ2) is 13.3. The molecular formula is C30H27BrIN3O5S. The smallest absolute Gasteiger partial charge is 0.294 e. The van der Waals surface area contributed by atoms with E-state index in [1.54, 1.807) is 30.2 Å². The summed E-state index contributed by atoms with van der Waals surface area (Å²) in [6.07, 6.45) is 1.63. The number of hydrogen-bond acceptors (Lipinski definition) is 7. The Balaban J connectivity index is 1.22. The number of imide groups is 1. The SMILES string of the molecule is COc1cc(/C=C2/SC(=O)N(CC(=O)N3CCN(c4ccccc4)CC3)C2=O)cc(Br)c1OCc1ccc(I)cc1. The van der Waals surface area contributed by atoms with Crippen LogP contribution in [0.15, 0.2) is 76.1 Å². The van der Waals surface area contributed by atoms with Gasteiger partial charge in [-0.15, -0.1) is 0 Å². The van der Waals surface area contributed by atoms with E-state index in [0.717, 1.165) is 31.5 Å². The standard InChI is InChI=1S/C30H27BrIN3O5S/c1-39-25-16-21(15-24(31)28(25)40-19-20-7-9-22(32)10-8-20)17-26-29(37)35(30(38)41-26)18-27(36)34-13-11-33(12-14-34)23-5-3-2-4-6-23/h2-10,15-17H,11-14,18-19H2,1H3/b26-17+. The van der Waals surface area contributed by atoms with Crippen LogP contribution in [0.5, 0.6) is 11.5 Å². The van der Waals surface area contributed by atoms with Crippen molar-refractivity contribution in [1.29, 1.82) is 0 Å². The van der Waals surface area contributed by atoms with Gasteiger partial charge in [-0.3, -0.25) is 19.3 Å². The molecule has 3 amide bonds. The van der Waals surface area contributed by atoms with Gasteiger partial charge in [-0.1, -0.05) is 30.3 Å². The van der Waals surface area contributed by atoms with E-state index in [1.165, 1.54) is 0 Å². The van der Waals surface area contributed by atoms with Gasteiger partial charge < -0.3 is 19.3 Å². The zero-order valence-electron chi connectivity index (χ0n) is 22.2. The normalized spacial score (nSPS) is 16.5. The number of carbonyl (C=O) groups excluding carboxylic acids is 3. The molecule has 0 spiro atoms. The van der Waals surface area contributed by atoms with Crippen LogP contribution in [0.4, 0.5) is 10.5 Å². The molecule has 0 aromatic heterocycles. The number of rotatable bonds is 8. The summed E-state index contributed by atoms with van der Waals surface area (Å²) in [5, 5.41) is -0.457. The molecule has 2 fully saturated rings. The van der Waals surface area contributed by atoms with Crippen LogP contribution in [-0.2, 0) is 16.2 Å². The molecule has 2 saturated heterocycles. The minimum atomic E-state index is -0.481. The van der Waals surface area contributed by atoms with E-state index in [-0.39, 0.29) is 17.4 Å². The summed E-state index contributed by atoms with van der Waals surface area (Å²) in [6, 6.07) is 21.6. The van der Waals surface area contributed by atoms with Gasteiger partial charge in [0.1, 0.15) is 13.2 Å². The van der Waals surface area contributed by atoms with Crippen molar-refractivity contribution in [3.8, 4) is 11.5 Å². The van der Waals surface area contributed by atoms with Crippen molar-refractivity contribution in [2.75, 3.05) is 44.7 Å². The number of hydrogen-bond donors (Lipinski definition) is 0. The van der Waals surface area contributed by atoms with Crippen molar-refractivity contribution >= 4 is 79.1 Å². The number of para-hydroxylation sites is 1. The minimum absolute atomic E-state index is 0.236.